The highest BCUT2D eigenvalue weighted by Gasteiger charge is 2.31. The molecule has 0 atom stereocenters. The Hall–Kier alpha value is -0.430. The van der Waals surface area contributed by atoms with Crippen LogP contribution in [0.2, 0.25) is 0 Å². The van der Waals surface area contributed by atoms with Crippen LogP contribution in [0.1, 0.15) is 36.6 Å². The minimum absolute atomic E-state index is 0.286. The molecule has 0 radical (unpaired) electrons. The van der Waals surface area contributed by atoms with Crippen molar-refractivity contribution in [3.05, 3.63) is 15.8 Å². The van der Waals surface area contributed by atoms with Gasteiger partial charge in [-0.2, -0.15) is 4.31 Å². The first-order chi connectivity index (χ1) is 9.00. The number of aryl methyl sites for hydroxylation is 1. The van der Waals surface area contributed by atoms with Crippen molar-refractivity contribution in [3.63, 3.8) is 0 Å². The Bertz CT molecular complexity index is 533. The Balaban J connectivity index is 2.30. The van der Waals surface area contributed by atoms with Crippen LogP contribution in [0, 0.1) is 12.8 Å². The molecule has 6 heteroatoms. The molecule has 0 saturated heterocycles. The third-order valence-corrected chi connectivity index (χ3v) is 7.24. The van der Waals surface area contributed by atoms with Crippen LogP contribution >= 0.6 is 11.3 Å². The fraction of sp³-hybridized carbons (Fsp3) is 0.692. The Morgan fingerprint density at radius 1 is 1.47 bits per heavy atom. The molecule has 1 saturated carbocycles. The van der Waals surface area contributed by atoms with Crippen LogP contribution in [0.5, 0.6) is 0 Å². The van der Waals surface area contributed by atoms with E-state index in [1.807, 2.05) is 19.2 Å². The van der Waals surface area contributed by atoms with Gasteiger partial charge in [0.05, 0.1) is 0 Å². The molecule has 0 aliphatic heterocycles. The highest BCUT2D eigenvalue weighted by molar-refractivity contribution is 7.89. The Morgan fingerprint density at radius 2 is 2.16 bits per heavy atom. The van der Waals surface area contributed by atoms with Crippen LogP contribution in [0.25, 0.3) is 0 Å². The summed E-state index contributed by atoms with van der Waals surface area (Å²) < 4.78 is 27.2. The maximum absolute atomic E-state index is 12.8. The largest absolute Gasteiger partial charge is 0.326 e. The summed E-state index contributed by atoms with van der Waals surface area (Å²) in [7, 11) is -3.39. The zero-order chi connectivity index (χ0) is 14.0. The molecule has 1 aliphatic carbocycles. The van der Waals surface area contributed by atoms with Gasteiger partial charge in [-0.25, -0.2) is 8.42 Å². The van der Waals surface area contributed by atoms with Gasteiger partial charge >= 0.3 is 0 Å². The number of hydrogen-bond donors (Lipinski definition) is 1. The predicted molar refractivity (Wildman–Crippen MR) is 78.7 cm³/mol. The van der Waals surface area contributed by atoms with Crippen LogP contribution in [-0.2, 0) is 16.6 Å². The summed E-state index contributed by atoms with van der Waals surface area (Å²) in [5.74, 6) is 0.537. The van der Waals surface area contributed by atoms with Gasteiger partial charge in [0, 0.05) is 24.5 Å². The van der Waals surface area contributed by atoms with Gasteiger partial charge in [0.25, 0.3) is 0 Å². The molecule has 19 heavy (non-hydrogen) atoms. The molecular weight excluding hydrogens is 280 g/mol. The van der Waals surface area contributed by atoms with E-state index < -0.39 is 10.0 Å². The molecule has 0 bridgehead atoms. The maximum Gasteiger partial charge on any atom is 0.244 e. The molecular formula is C13H22N2O2S2. The van der Waals surface area contributed by atoms with Gasteiger partial charge in [-0.3, -0.25) is 0 Å². The summed E-state index contributed by atoms with van der Waals surface area (Å²) >= 11 is 1.44. The van der Waals surface area contributed by atoms with Crippen LogP contribution in [0.4, 0.5) is 0 Å². The molecule has 1 aliphatic rings. The van der Waals surface area contributed by atoms with Crippen molar-refractivity contribution in [2.24, 2.45) is 11.7 Å². The molecule has 0 unspecified atom stereocenters. The van der Waals surface area contributed by atoms with Crippen molar-refractivity contribution in [1.82, 2.24) is 4.31 Å². The lowest BCUT2D eigenvalue weighted by Crippen LogP contribution is -2.37. The number of nitrogens with two attached hydrogens (primary N) is 1. The first-order valence-corrected chi connectivity index (χ1v) is 9.09. The van der Waals surface area contributed by atoms with E-state index in [1.165, 1.54) is 17.8 Å². The standard InChI is InChI=1S/C13H22N2O2S2/c1-3-15(8-11-5-4-6-11)19(16,17)13-10(2)9-18-12(13)7-14/h9,11H,3-8,14H2,1-2H3. The molecule has 2 rings (SSSR count). The van der Waals surface area contributed by atoms with Crippen molar-refractivity contribution >= 4 is 21.4 Å². The van der Waals surface area contributed by atoms with E-state index in [0.29, 0.717) is 23.9 Å². The van der Waals surface area contributed by atoms with E-state index in [1.54, 1.807) is 4.31 Å². The minimum atomic E-state index is -3.39. The van der Waals surface area contributed by atoms with Gasteiger partial charge in [-0.1, -0.05) is 13.3 Å². The van der Waals surface area contributed by atoms with E-state index >= 15 is 0 Å². The van der Waals surface area contributed by atoms with Crippen LogP contribution in [-0.4, -0.2) is 25.8 Å². The summed E-state index contributed by atoms with van der Waals surface area (Å²) in [6.45, 7) is 5.21. The van der Waals surface area contributed by atoms with E-state index in [4.69, 9.17) is 5.73 Å². The van der Waals surface area contributed by atoms with Crippen molar-refractivity contribution in [1.29, 1.82) is 0 Å². The van der Waals surface area contributed by atoms with Gasteiger partial charge in [-0.15, -0.1) is 11.3 Å². The fourth-order valence-electron chi connectivity index (χ4n) is 2.46. The lowest BCUT2D eigenvalue weighted by atomic mass is 9.85. The average molecular weight is 302 g/mol. The highest BCUT2D eigenvalue weighted by Crippen LogP contribution is 2.32. The lowest BCUT2D eigenvalue weighted by Gasteiger charge is -2.31. The monoisotopic (exact) mass is 302 g/mol. The lowest BCUT2D eigenvalue weighted by molar-refractivity contribution is 0.250. The second-order valence-corrected chi connectivity index (χ2v) is 7.97. The number of thiophene rings is 1. The van der Waals surface area contributed by atoms with Crippen molar-refractivity contribution < 1.29 is 8.42 Å². The molecule has 4 nitrogen and oxygen atoms in total. The van der Waals surface area contributed by atoms with Gasteiger partial charge in [0.2, 0.25) is 10.0 Å². The topological polar surface area (TPSA) is 63.4 Å². The normalized spacial score (nSPS) is 16.8. The van der Waals surface area contributed by atoms with Gasteiger partial charge in [0.15, 0.2) is 0 Å². The van der Waals surface area contributed by atoms with Crippen molar-refractivity contribution in [2.75, 3.05) is 13.1 Å². The summed E-state index contributed by atoms with van der Waals surface area (Å²) in [4.78, 5) is 1.21. The minimum Gasteiger partial charge on any atom is -0.326 e. The summed E-state index contributed by atoms with van der Waals surface area (Å²) in [6.07, 6.45) is 3.53. The Morgan fingerprint density at radius 3 is 2.63 bits per heavy atom. The van der Waals surface area contributed by atoms with E-state index in [-0.39, 0.29) is 6.54 Å². The summed E-state index contributed by atoms with van der Waals surface area (Å²) in [5, 5.41) is 1.88. The third-order valence-electron chi connectivity index (χ3n) is 3.81. The highest BCUT2D eigenvalue weighted by atomic mass is 32.2. The molecule has 2 N–H and O–H groups in total. The first kappa shape index (κ1) is 15.0. The smallest absolute Gasteiger partial charge is 0.244 e. The zero-order valence-electron chi connectivity index (χ0n) is 11.6. The number of rotatable bonds is 6. The summed E-state index contributed by atoms with van der Waals surface area (Å²) in [5.41, 5.74) is 6.49. The fourth-order valence-corrected chi connectivity index (χ4v) is 5.64. The second kappa shape index (κ2) is 5.91. The van der Waals surface area contributed by atoms with Crippen LogP contribution in [0.15, 0.2) is 10.3 Å². The Kier molecular flexibility index (Phi) is 4.66. The SMILES string of the molecule is CCN(CC1CCC1)S(=O)(=O)c1c(C)csc1CN. The molecule has 1 aromatic heterocycles. The van der Waals surface area contributed by atoms with Crippen LogP contribution < -0.4 is 5.73 Å². The van der Waals surface area contributed by atoms with E-state index in [2.05, 4.69) is 0 Å². The van der Waals surface area contributed by atoms with Gasteiger partial charge in [-0.05, 0) is 36.6 Å². The van der Waals surface area contributed by atoms with Gasteiger partial charge < -0.3 is 5.73 Å². The van der Waals surface area contributed by atoms with E-state index in [0.717, 1.165) is 23.3 Å². The van der Waals surface area contributed by atoms with Crippen molar-refractivity contribution in [2.45, 2.75) is 44.6 Å². The number of hydrogen-bond acceptors (Lipinski definition) is 4. The molecule has 0 spiro atoms. The first-order valence-electron chi connectivity index (χ1n) is 6.77. The quantitative estimate of drug-likeness (QED) is 0.877. The number of sulfonamides is 1. The molecule has 0 aromatic carbocycles. The molecule has 1 heterocycles. The molecule has 1 aromatic rings. The Labute approximate surface area is 119 Å². The van der Waals surface area contributed by atoms with E-state index in [9.17, 15) is 8.42 Å². The summed E-state index contributed by atoms with van der Waals surface area (Å²) in [6, 6.07) is 0. The molecule has 0 amide bonds. The van der Waals surface area contributed by atoms with Crippen molar-refractivity contribution in [3.8, 4) is 0 Å². The van der Waals surface area contributed by atoms with Gasteiger partial charge in [0.1, 0.15) is 4.90 Å². The molecule has 1 fully saturated rings. The molecule has 108 valence electrons. The average Bonchev–Trinajstić information content (AvgIpc) is 2.69. The third kappa shape index (κ3) is 2.86. The maximum atomic E-state index is 12.8. The van der Waals surface area contributed by atoms with Crippen LogP contribution in [0.3, 0.4) is 0 Å². The second-order valence-electron chi connectivity index (χ2n) is 5.13. The number of nitrogens with zero attached hydrogens (tertiary/aromatic N) is 1. The predicted octanol–water partition coefficient (Wildman–Crippen LogP) is 2.33. The zero-order valence-corrected chi connectivity index (χ0v) is 13.2.